The van der Waals surface area contributed by atoms with Crippen molar-refractivity contribution in [3.05, 3.63) is 24.3 Å². The van der Waals surface area contributed by atoms with Crippen LogP contribution in [0.5, 0.6) is 0 Å². The topological polar surface area (TPSA) is 95.9 Å². The van der Waals surface area contributed by atoms with E-state index in [9.17, 15) is 19.8 Å². The van der Waals surface area contributed by atoms with Crippen LogP contribution in [0.4, 0.5) is 0 Å². The summed E-state index contributed by atoms with van der Waals surface area (Å²) in [4.78, 5) is 24.2. The van der Waals surface area contributed by atoms with Gasteiger partial charge >= 0.3 is 5.97 Å². The lowest BCUT2D eigenvalue weighted by Crippen LogP contribution is -2.45. The fourth-order valence-corrected chi connectivity index (χ4v) is 5.99. The standard InChI is InChI=1S/C42H79NO5/c1-3-5-7-9-11-13-15-16-20-24-28-32-36-42(47)48-37-33-29-25-21-17-19-23-27-31-35-41(46)43-39(38-44)40(45)34-30-26-22-18-14-12-10-8-6-4-2/h19,23,30,34,39-40,44-45H,3-18,20-22,24-29,31-33,35-38H2,1-2H3,(H,43,46)/b23-19-,34-30+. The summed E-state index contributed by atoms with van der Waals surface area (Å²) in [6, 6.07) is -0.661. The number of carbonyl (C=O) groups excluding carboxylic acids is 2. The van der Waals surface area contributed by atoms with Gasteiger partial charge in [-0.1, -0.05) is 167 Å². The van der Waals surface area contributed by atoms with Gasteiger partial charge in [-0.3, -0.25) is 9.59 Å². The lowest BCUT2D eigenvalue weighted by Gasteiger charge is -2.19. The van der Waals surface area contributed by atoms with Crippen LogP contribution in [-0.4, -0.2) is 47.4 Å². The summed E-state index contributed by atoms with van der Waals surface area (Å²) in [5.74, 6) is -0.171. The largest absolute Gasteiger partial charge is 0.466 e. The molecule has 0 aliphatic heterocycles. The average molecular weight is 678 g/mol. The summed E-state index contributed by atoms with van der Waals surface area (Å²) >= 11 is 0. The molecule has 0 aliphatic carbocycles. The molecule has 0 fully saturated rings. The first-order valence-corrected chi connectivity index (χ1v) is 20.6. The van der Waals surface area contributed by atoms with E-state index >= 15 is 0 Å². The first-order chi connectivity index (χ1) is 23.5. The van der Waals surface area contributed by atoms with Crippen molar-refractivity contribution in [2.75, 3.05) is 13.2 Å². The second-order valence-corrected chi connectivity index (χ2v) is 14.0. The zero-order valence-corrected chi connectivity index (χ0v) is 31.7. The fourth-order valence-electron chi connectivity index (χ4n) is 5.99. The molecule has 0 bridgehead atoms. The molecule has 0 rings (SSSR count). The number of allylic oxidation sites excluding steroid dienone is 3. The number of rotatable bonds is 37. The molecule has 0 radical (unpaired) electrons. The van der Waals surface area contributed by atoms with Gasteiger partial charge < -0.3 is 20.3 Å². The third kappa shape index (κ3) is 34.2. The number of amides is 1. The number of unbranched alkanes of at least 4 members (excludes halogenated alkanes) is 24. The summed E-state index contributed by atoms with van der Waals surface area (Å²) in [5.41, 5.74) is 0. The van der Waals surface area contributed by atoms with Gasteiger partial charge in [-0.05, 0) is 51.4 Å². The molecule has 282 valence electrons. The molecule has 6 nitrogen and oxygen atoms in total. The van der Waals surface area contributed by atoms with Crippen molar-refractivity contribution in [2.45, 2.75) is 219 Å². The zero-order valence-electron chi connectivity index (χ0n) is 31.7. The molecule has 0 saturated heterocycles. The van der Waals surface area contributed by atoms with Crippen LogP contribution in [0.3, 0.4) is 0 Å². The minimum Gasteiger partial charge on any atom is -0.466 e. The van der Waals surface area contributed by atoms with Gasteiger partial charge in [0, 0.05) is 12.8 Å². The first-order valence-electron chi connectivity index (χ1n) is 20.6. The summed E-state index contributed by atoms with van der Waals surface area (Å²) in [7, 11) is 0. The predicted molar refractivity (Wildman–Crippen MR) is 204 cm³/mol. The van der Waals surface area contributed by atoms with E-state index < -0.39 is 12.1 Å². The minimum absolute atomic E-state index is 0.0389. The smallest absolute Gasteiger partial charge is 0.305 e. The Bertz CT molecular complexity index is 752. The van der Waals surface area contributed by atoms with Crippen LogP contribution >= 0.6 is 0 Å². The van der Waals surface area contributed by atoms with Gasteiger partial charge in [0.05, 0.1) is 25.4 Å². The van der Waals surface area contributed by atoms with Crippen LogP contribution in [0.1, 0.15) is 206 Å². The Labute approximate surface area is 297 Å². The van der Waals surface area contributed by atoms with Crippen LogP contribution in [0, 0.1) is 0 Å². The van der Waals surface area contributed by atoms with Gasteiger partial charge in [0.1, 0.15) is 0 Å². The SMILES string of the molecule is CCCCCCCCCC/C=C/C(O)C(CO)NC(=O)CCC/C=C\CCCCCCOC(=O)CCCCCCCCCCCCCC. The highest BCUT2D eigenvalue weighted by Crippen LogP contribution is 2.14. The Morgan fingerprint density at radius 2 is 1.00 bits per heavy atom. The maximum Gasteiger partial charge on any atom is 0.305 e. The van der Waals surface area contributed by atoms with Gasteiger partial charge in [0.15, 0.2) is 0 Å². The number of hydrogen-bond donors (Lipinski definition) is 3. The van der Waals surface area contributed by atoms with E-state index in [1.54, 1.807) is 6.08 Å². The third-order valence-corrected chi connectivity index (χ3v) is 9.22. The highest BCUT2D eigenvalue weighted by molar-refractivity contribution is 5.76. The van der Waals surface area contributed by atoms with Crippen LogP contribution < -0.4 is 5.32 Å². The Kier molecular flexibility index (Phi) is 36.8. The lowest BCUT2D eigenvalue weighted by molar-refractivity contribution is -0.143. The average Bonchev–Trinajstić information content (AvgIpc) is 3.08. The van der Waals surface area contributed by atoms with Crippen molar-refractivity contribution in [1.82, 2.24) is 5.32 Å². The molecule has 0 aromatic rings. The summed E-state index contributed by atoms with van der Waals surface area (Å²) in [6.07, 6.45) is 41.6. The predicted octanol–water partition coefficient (Wildman–Crippen LogP) is 11.2. The Hall–Kier alpha value is -1.66. The van der Waals surface area contributed by atoms with Crippen LogP contribution in [0.15, 0.2) is 24.3 Å². The molecule has 0 aromatic carbocycles. The van der Waals surface area contributed by atoms with Crippen molar-refractivity contribution in [3.63, 3.8) is 0 Å². The second-order valence-electron chi connectivity index (χ2n) is 14.0. The second kappa shape index (κ2) is 38.1. The number of nitrogens with one attached hydrogen (secondary N) is 1. The van der Waals surface area contributed by atoms with Crippen molar-refractivity contribution in [2.24, 2.45) is 0 Å². The third-order valence-electron chi connectivity index (χ3n) is 9.22. The molecular weight excluding hydrogens is 598 g/mol. The van der Waals surface area contributed by atoms with E-state index in [0.717, 1.165) is 70.6 Å². The lowest BCUT2D eigenvalue weighted by atomic mass is 10.0. The molecule has 0 aromatic heterocycles. The number of hydrogen-bond acceptors (Lipinski definition) is 5. The van der Waals surface area contributed by atoms with Crippen molar-refractivity contribution < 1.29 is 24.5 Å². The Morgan fingerprint density at radius 1 is 0.562 bits per heavy atom. The number of esters is 1. The summed E-state index contributed by atoms with van der Waals surface area (Å²) in [6.45, 7) is 4.76. The number of carbonyl (C=O) groups is 2. The summed E-state index contributed by atoms with van der Waals surface area (Å²) in [5, 5.41) is 22.8. The van der Waals surface area contributed by atoms with Crippen LogP contribution in [0.2, 0.25) is 0 Å². The molecule has 48 heavy (non-hydrogen) atoms. The van der Waals surface area contributed by atoms with E-state index in [4.69, 9.17) is 4.74 Å². The highest BCUT2D eigenvalue weighted by Gasteiger charge is 2.17. The normalized spacial score (nSPS) is 13.0. The zero-order chi connectivity index (χ0) is 35.2. The van der Waals surface area contributed by atoms with Crippen molar-refractivity contribution in [3.8, 4) is 0 Å². The monoisotopic (exact) mass is 678 g/mol. The highest BCUT2D eigenvalue weighted by atomic mass is 16.5. The first kappa shape index (κ1) is 46.3. The molecule has 0 heterocycles. The molecule has 2 unspecified atom stereocenters. The number of ether oxygens (including phenoxy) is 1. The van der Waals surface area contributed by atoms with Gasteiger partial charge in [0.2, 0.25) is 5.91 Å². The van der Waals surface area contributed by atoms with Crippen LogP contribution in [0.25, 0.3) is 0 Å². The maximum absolute atomic E-state index is 12.3. The van der Waals surface area contributed by atoms with Gasteiger partial charge in [0.25, 0.3) is 0 Å². The van der Waals surface area contributed by atoms with E-state index in [1.165, 1.54) is 109 Å². The molecule has 0 saturated carbocycles. The van der Waals surface area contributed by atoms with E-state index in [1.807, 2.05) is 6.08 Å². The molecule has 1 amide bonds. The maximum atomic E-state index is 12.3. The van der Waals surface area contributed by atoms with Gasteiger partial charge in [-0.2, -0.15) is 0 Å². The van der Waals surface area contributed by atoms with E-state index in [-0.39, 0.29) is 18.5 Å². The van der Waals surface area contributed by atoms with Crippen LogP contribution in [-0.2, 0) is 14.3 Å². The Balaban J connectivity index is 3.60. The van der Waals surface area contributed by atoms with E-state index in [0.29, 0.717) is 19.4 Å². The Morgan fingerprint density at radius 3 is 1.52 bits per heavy atom. The quantitative estimate of drug-likeness (QED) is 0.0345. The minimum atomic E-state index is -0.871. The molecule has 0 spiro atoms. The fraction of sp³-hybridized carbons (Fsp3) is 0.857. The molecule has 2 atom stereocenters. The molecule has 0 aliphatic rings. The summed E-state index contributed by atoms with van der Waals surface area (Å²) < 4.78 is 5.41. The van der Waals surface area contributed by atoms with Gasteiger partial charge in [-0.25, -0.2) is 0 Å². The molecule has 3 N–H and O–H groups in total. The van der Waals surface area contributed by atoms with Crippen molar-refractivity contribution in [1.29, 1.82) is 0 Å². The number of aliphatic hydroxyl groups excluding tert-OH is 2. The van der Waals surface area contributed by atoms with Crippen molar-refractivity contribution >= 4 is 11.9 Å². The van der Waals surface area contributed by atoms with Gasteiger partial charge in [-0.15, -0.1) is 0 Å². The molecular formula is C42H79NO5. The molecule has 6 heteroatoms. The number of aliphatic hydroxyl groups is 2. The van der Waals surface area contributed by atoms with E-state index in [2.05, 4.69) is 31.3 Å².